The van der Waals surface area contributed by atoms with Gasteiger partial charge in [-0.3, -0.25) is 4.79 Å². The SMILES string of the molecule is CCCN(CC(=O)N(CCOC)Cc1cccn1C)C(=O)Nc1ccc(OC)cc1. The number of methoxy groups -OCH3 is 2. The van der Waals surface area contributed by atoms with Gasteiger partial charge in [0.1, 0.15) is 12.3 Å². The summed E-state index contributed by atoms with van der Waals surface area (Å²) < 4.78 is 12.3. The number of ether oxygens (including phenoxy) is 2. The maximum Gasteiger partial charge on any atom is 0.322 e. The van der Waals surface area contributed by atoms with Gasteiger partial charge in [-0.2, -0.15) is 0 Å². The van der Waals surface area contributed by atoms with Crippen LogP contribution in [-0.2, 0) is 23.1 Å². The zero-order valence-corrected chi connectivity index (χ0v) is 18.3. The Morgan fingerprint density at radius 1 is 1.07 bits per heavy atom. The molecular formula is C22H32N4O4. The number of benzene rings is 1. The van der Waals surface area contributed by atoms with E-state index < -0.39 is 0 Å². The van der Waals surface area contributed by atoms with Crippen molar-refractivity contribution >= 4 is 17.6 Å². The molecule has 0 saturated heterocycles. The quantitative estimate of drug-likeness (QED) is 0.611. The molecule has 164 valence electrons. The molecule has 0 saturated carbocycles. The Morgan fingerprint density at radius 2 is 1.80 bits per heavy atom. The van der Waals surface area contributed by atoms with E-state index in [4.69, 9.17) is 9.47 Å². The second-order valence-electron chi connectivity index (χ2n) is 7.00. The number of nitrogens with zero attached hydrogens (tertiary/aromatic N) is 3. The highest BCUT2D eigenvalue weighted by atomic mass is 16.5. The first-order valence-electron chi connectivity index (χ1n) is 10.0. The van der Waals surface area contributed by atoms with Crippen molar-refractivity contribution in [3.63, 3.8) is 0 Å². The van der Waals surface area contributed by atoms with Crippen LogP contribution < -0.4 is 10.1 Å². The molecule has 0 spiro atoms. The molecule has 0 radical (unpaired) electrons. The van der Waals surface area contributed by atoms with Gasteiger partial charge < -0.3 is 29.2 Å². The van der Waals surface area contributed by atoms with E-state index in [1.807, 2.05) is 36.9 Å². The number of urea groups is 1. The zero-order valence-electron chi connectivity index (χ0n) is 18.3. The van der Waals surface area contributed by atoms with Gasteiger partial charge in [0.05, 0.1) is 20.3 Å². The number of aryl methyl sites for hydroxylation is 1. The van der Waals surface area contributed by atoms with Crippen molar-refractivity contribution in [1.82, 2.24) is 14.4 Å². The molecule has 0 fully saturated rings. The van der Waals surface area contributed by atoms with Gasteiger partial charge in [0, 0.05) is 44.8 Å². The van der Waals surface area contributed by atoms with Crippen molar-refractivity contribution in [3.05, 3.63) is 48.3 Å². The third-order valence-electron chi connectivity index (χ3n) is 4.77. The molecule has 1 aromatic heterocycles. The molecule has 8 heteroatoms. The second-order valence-corrected chi connectivity index (χ2v) is 7.00. The van der Waals surface area contributed by atoms with Gasteiger partial charge in [-0.25, -0.2) is 4.79 Å². The van der Waals surface area contributed by atoms with Crippen molar-refractivity contribution in [1.29, 1.82) is 0 Å². The molecule has 2 rings (SSSR count). The standard InChI is InChI=1S/C22H32N4O4/c1-5-12-26(22(28)23-18-8-10-20(30-4)11-9-18)17-21(27)25(14-15-29-3)16-19-7-6-13-24(19)2/h6-11,13H,5,12,14-17H2,1-4H3,(H,23,28). The van der Waals surface area contributed by atoms with Crippen LogP contribution in [0.4, 0.5) is 10.5 Å². The molecule has 1 N–H and O–H groups in total. The minimum Gasteiger partial charge on any atom is -0.497 e. The average molecular weight is 417 g/mol. The number of hydrogen-bond donors (Lipinski definition) is 1. The van der Waals surface area contributed by atoms with Crippen LogP contribution in [0.2, 0.25) is 0 Å². The highest BCUT2D eigenvalue weighted by molar-refractivity contribution is 5.92. The van der Waals surface area contributed by atoms with E-state index in [1.165, 1.54) is 4.90 Å². The number of carbonyl (C=O) groups is 2. The Hall–Kier alpha value is -3.00. The summed E-state index contributed by atoms with van der Waals surface area (Å²) in [6, 6.07) is 10.7. The Bertz CT molecular complexity index is 804. The number of nitrogens with one attached hydrogen (secondary N) is 1. The summed E-state index contributed by atoms with van der Waals surface area (Å²) in [5.74, 6) is 0.592. The van der Waals surface area contributed by atoms with Crippen LogP contribution in [0.25, 0.3) is 0 Å². The van der Waals surface area contributed by atoms with Crippen LogP contribution in [0, 0.1) is 0 Å². The van der Waals surface area contributed by atoms with E-state index in [1.54, 1.807) is 43.4 Å². The molecule has 30 heavy (non-hydrogen) atoms. The van der Waals surface area contributed by atoms with E-state index in [0.29, 0.717) is 37.7 Å². The molecule has 0 aliphatic rings. The van der Waals surface area contributed by atoms with Crippen LogP contribution in [0.3, 0.4) is 0 Å². The van der Waals surface area contributed by atoms with Crippen molar-refractivity contribution in [2.75, 3.05) is 45.8 Å². The topological polar surface area (TPSA) is 76.0 Å². The Morgan fingerprint density at radius 3 is 2.37 bits per heavy atom. The Balaban J connectivity index is 2.05. The summed E-state index contributed by atoms with van der Waals surface area (Å²) in [4.78, 5) is 29.1. The maximum atomic E-state index is 13.0. The van der Waals surface area contributed by atoms with Crippen molar-refractivity contribution in [2.45, 2.75) is 19.9 Å². The molecule has 8 nitrogen and oxygen atoms in total. The minimum absolute atomic E-state index is 0.00393. The third-order valence-corrected chi connectivity index (χ3v) is 4.77. The lowest BCUT2D eigenvalue weighted by Crippen LogP contribution is -2.45. The fraction of sp³-hybridized carbons (Fsp3) is 0.455. The molecular weight excluding hydrogens is 384 g/mol. The lowest BCUT2D eigenvalue weighted by atomic mass is 10.3. The van der Waals surface area contributed by atoms with Crippen molar-refractivity contribution in [3.8, 4) is 5.75 Å². The van der Waals surface area contributed by atoms with Gasteiger partial charge in [-0.15, -0.1) is 0 Å². The first kappa shape index (κ1) is 23.3. The first-order chi connectivity index (χ1) is 14.5. The lowest BCUT2D eigenvalue weighted by Gasteiger charge is -2.27. The van der Waals surface area contributed by atoms with Gasteiger partial charge in [0.25, 0.3) is 0 Å². The summed E-state index contributed by atoms with van der Waals surface area (Å²) >= 11 is 0. The summed E-state index contributed by atoms with van der Waals surface area (Å²) in [5, 5.41) is 2.85. The summed E-state index contributed by atoms with van der Waals surface area (Å²) in [6.45, 7) is 3.82. The lowest BCUT2D eigenvalue weighted by molar-refractivity contribution is -0.133. The fourth-order valence-electron chi connectivity index (χ4n) is 3.01. The van der Waals surface area contributed by atoms with Gasteiger partial charge in [-0.1, -0.05) is 6.92 Å². The highest BCUT2D eigenvalue weighted by Crippen LogP contribution is 2.16. The molecule has 0 aliphatic heterocycles. The summed E-state index contributed by atoms with van der Waals surface area (Å²) in [6.07, 6.45) is 2.69. The van der Waals surface area contributed by atoms with E-state index >= 15 is 0 Å². The molecule has 2 aromatic rings. The molecule has 0 aliphatic carbocycles. The van der Waals surface area contributed by atoms with E-state index in [9.17, 15) is 9.59 Å². The highest BCUT2D eigenvalue weighted by Gasteiger charge is 2.21. The average Bonchev–Trinajstić information content (AvgIpc) is 3.15. The molecule has 1 heterocycles. The normalized spacial score (nSPS) is 10.5. The second kappa shape index (κ2) is 11.9. The predicted molar refractivity (Wildman–Crippen MR) is 117 cm³/mol. The van der Waals surface area contributed by atoms with Crippen molar-refractivity contribution < 1.29 is 19.1 Å². The van der Waals surface area contributed by atoms with Gasteiger partial charge in [0.2, 0.25) is 5.91 Å². The fourth-order valence-corrected chi connectivity index (χ4v) is 3.01. The van der Waals surface area contributed by atoms with Gasteiger partial charge in [0.15, 0.2) is 0 Å². The van der Waals surface area contributed by atoms with Gasteiger partial charge >= 0.3 is 6.03 Å². The Kier molecular flexibility index (Phi) is 9.21. The van der Waals surface area contributed by atoms with Crippen LogP contribution in [0.1, 0.15) is 19.0 Å². The van der Waals surface area contributed by atoms with Gasteiger partial charge in [-0.05, 0) is 42.8 Å². The molecule has 1 aromatic carbocycles. The number of amides is 3. The first-order valence-corrected chi connectivity index (χ1v) is 10.0. The van der Waals surface area contributed by atoms with Crippen molar-refractivity contribution in [2.24, 2.45) is 7.05 Å². The predicted octanol–water partition coefficient (Wildman–Crippen LogP) is 2.95. The van der Waals surface area contributed by atoms with E-state index in [-0.39, 0.29) is 18.5 Å². The molecule has 3 amide bonds. The molecule has 0 atom stereocenters. The largest absolute Gasteiger partial charge is 0.497 e. The van der Waals surface area contributed by atoms with E-state index in [2.05, 4.69) is 5.32 Å². The van der Waals surface area contributed by atoms with Crippen LogP contribution in [0.5, 0.6) is 5.75 Å². The monoisotopic (exact) mass is 416 g/mol. The maximum absolute atomic E-state index is 13.0. The number of carbonyl (C=O) groups excluding carboxylic acids is 2. The number of rotatable bonds is 11. The smallest absolute Gasteiger partial charge is 0.322 e. The van der Waals surface area contributed by atoms with Crippen LogP contribution in [0.15, 0.2) is 42.6 Å². The Labute approximate surface area is 178 Å². The molecule has 0 bridgehead atoms. The number of anilines is 1. The third kappa shape index (κ3) is 6.81. The van der Waals surface area contributed by atoms with Crippen LogP contribution >= 0.6 is 0 Å². The molecule has 0 unspecified atom stereocenters. The number of aromatic nitrogens is 1. The number of hydrogen-bond acceptors (Lipinski definition) is 4. The van der Waals surface area contributed by atoms with E-state index in [0.717, 1.165) is 12.1 Å². The summed E-state index contributed by atoms with van der Waals surface area (Å²) in [7, 11) is 5.14. The van der Waals surface area contributed by atoms with Crippen LogP contribution in [-0.4, -0.2) is 66.8 Å². The zero-order chi connectivity index (χ0) is 21.9. The minimum atomic E-state index is -0.305. The summed E-state index contributed by atoms with van der Waals surface area (Å²) in [5.41, 5.74) is 1.67.